The molecule has 23 heavy (non-hydrogen) atoms. The Kier molecular flexibility index (Phi) is 6.35. The fourth-order valence-corrected chi connectivity index (χ4v) is 1.92. The molecule has 0 saturated carbocycles. The van der Waals surface area contributed by atoms with Gasteiger partial charge in [-0.25, -0.2) is 9.97 Å². The number of benzene rings is 1. The van der Waals surface area contributed by atoms with Gasteiger partial charge in [0.15, 0.2) is 0 Å². The van der Waals surface area contributed by atoms with Crippen LogP contribution < -0.4 is 15.4 Å². The number of hydrogen-bond donors (Lipinski definition) is 2. The summed E-state index contributed by atoms with van der Waals surface area (Å²) in [5, 5.41) is 5.92. The minimum Gasteiger partial charge on any atom is -0.494 e. The quantitative estimate of drug-likeness (QED) is 0.731. The van der Waals surface area contributed by atoms with Crippen LogP contribution in [0, 0.1) is 0 Å². The van der Waals surface area contributed by atoms with Gasteiger partial charge < -0.3 is 15.4 Å². The fourth-order valence-electron chi connectivity index (χ4n) is 1.92. The Bertz CT molecular complexity index is 611. The molecule has 6 nitrogen and oxygen atoms in total. The van der Waals surface area contributed by atoms with Gasteiger partial charge in [0.2, 0.25) is 5.95 Å². The molecule has 2 N–H and O–H groups in total. The third kappa shape index (κ3) is 5.25. The van der Waals surface area contributed by atoms with Crippen molar-refractivity contribution in [3.8, 4) is 5.75 Å². The molecule has 0 saturated heterocycles. The zero-order valence-corrected chi connectivity index (χ0v) is 13.5. The van der Waals surface area contributed by atoms with Crippen LogP contribution in [-0.2, 0) is 0 Å². The van der Waals surface area contributed by atoms with Crippen LogP contribution in [0.5, 0.6) is 5.75 Å². The molecule has 0 atom stereocenters. The van der Waals surface area contributed by atoms with Crippen LogP contribution in [0.4, 0.5) is 11.6 Å². The first-order valence-corrected chi connectivity index (χ1v) is 7.83. The number of aromatic nitrogens is 2. The van der Waals surface area contributed by atoms with E-state index in [0.29, 0.717) is 23.8 Å². The van der Waals surface area contributed by atoms with Crippen LogP contribution in [0.3, 0.4) is 0 Å². The summed E-state index contributed by atoms with van der Waals surface area (Å²) in [5.74, 6) is 1.07. The summed E-state index contributed by atoms with van der Waals surface area (Å²) < 4.78 is 5.36. The lowest BCUT2D eigenvalue weighted by atomic mass is 10.2. The minimum absolute atomic E-state index is 0.241. The van der Waals surface area contributed by atoms with Gasteiger partial charge in [-0.3, -0.25) is 4.79 Å². The predicted octanol–water partition coefficient (Wildman–Crippen LogP) is 3.34. The molecule has 0 fully saturated rings. The lowest BCUT2D eigenvalue weighted by Gasteiger charge is -2.07. The first-order chi connectivity index (χ1) is 11.2. The molecular weight excluding hydrogens is 292 g/mol. The molecule has 0 aliphatic rings. The maximum absolute atomic E-state index is 12.2. The number of amides is 1. The molecule has 0 aliphatic heterocycles. The molecule has 1 aromatic carbocycles. The number of anilines is 2. The molecule has 1 amide bonds. The Hall–Kier alpha value is -2.63. The van der Waals surface area contributed by atoms with Crippen molar-refractivity contribution in [3.63, 3.8) is 0 Å². The van der Waals surface area contributed by atoms with Gasteiger partial charge in [-0.05, 0) is 37.6 Å². The molecule has 2 aromatic rings. The summed E-state index contributed by atoms with van der Waals surface area (Å²) >= 11 is 0. The highest BCUT2D eigenvalue weighted by Crippen LogP contribution is 2.16. The molecule has 0 radical (unpaired) electrons. The van der Waals surface area contributed by atoms with Crippen molar-refractivity contribution in [2.75, 3.05) is 23.8 Å². The number of nitrogens with one attached hydrogen (secondary N) is 2. The zero-order valence-electron chi connectivity index (χ0n) is 13.5. The van der Waals surface area contributed by atoms with Crippen LogP contribution in [0.25, 0.3) is 0 Å². The monoisotopic (exact) mass is 314 g/mol. The van der Waals surface area contributed by atoms with Gasteiger partial charge in [0, 0.05) is 24.6 Å². The van der Waals surface area contributed by atoms with Gasteiger partial charge in [0.05, 0.1) is 12.2 Å². The largest absolute Gasteiger partial charge is 0.494 e. The van der Waals surface area contributed by atoms with Gasteiger partial charge in [0.1, 0.15) is 5.75 Å². The summed E-state index contributed by atoms with van der Waals surface area (Å²) in [6, 6.07) is 7.22. The highest BCUT2D eigenvalue weighted by molar-refractivity contribution is 6.03. The average Bonchev–Trinajstić information content (AvgIpc) is 2.58. The minimum atomic E-state index is -0.241. The summed E-state index contributed by atoms with van der Waals surface area (Å²) in [6.45, 7) is 5.49. The Morgan fingerprint density at radius 2 is 1.83 bits per heavy atom. The van der Waals surface area contributed by atoms with Crippen LogP contribution >= 0.6 is 0 Å². The van der Waals surface area contributed by atoms with E-state index in [1.807, 2.05) is 19.1 Å². The topological polar surface area (TPSA) is 76.1 Å². The van der Waals surface area contributed by atoms with E-state index in [1.165, 1.54) is 12.4 Å². The van der Waals surface area contributed by atoms with Gasteiger partial charge in [-0.1, -0.05) is 13.3 Å². The van der Waals surface area contributed by atoms with E-state index in [-0.39, 0.29) is 5.91 Å². The second-order valence-electron chi connectivity index (χ2n) is 4.99. The Morgan fingerprint density at radius 3 is 2.43 bits per heavy atom. The fraction of sp³-hybridized carbons (Fsp3) is 0.353. The highest BCUT2D eigenvalue weighted by atomic mass is 16.5. The van der Waals surface area contributed by atoms with E-state index in [1.54, 1.807) is 12.1 Å². The van der Waals surface area contributed by atoms with Crippen molar-refractivity contribution in [2.24, 2.45) is 0 Å². The van der Waals surface area contributed by atoms with Crippen molar-refractivity contribution in [3.05, 3.63) is 42.2 Å². The Labute approximate surface area is 136 Å². The van der Waals surface area contributed by atoms with E-state index in [4.69, 9.17) is 4.74 Å². The van der Waals surface area contributed by atoms with E-state index in [0.717, 1.165) is 25.1 Å². The normalized spacial score (nSPS) is 10.2. The van der Waals surface area contributed by atoms with E-state index < -0.39 is 0 Å². The molecule has 1 heterocycles. The van der Waals surface area contributed by atoms with Crippen LogP contribution in [0.2, 0.25) is 0 Å². The Morgan fingerprint density at radius 1 is 1.13 bits per heavy atom. The number of ether oxygens (including phenoxy) is 1. The smallest absolute Gasteiger partial charge is 0.258 e. The van der Waals surface area contributed by atoms with Crippen LogP contribution in [0.1, 0.15) is 37.0 Å². The molecule has 0 bridgehead atoms. The number of hydrogen-bond acceptors (Lipinski definition) is 5. The van der Waals surface area contributed by atoms with Gasteiger partial charge in [0.25, 0.3) is 5.91 Å². The second-order valence-corrected chi connectivity index (χ2v) is 4.99. The first-order valence-electron chi connectivity index (χ1n) is 7.83. The molecule has 0 aliphatic carbocycles. The SMILES string of the molecule is CCCCNc1ncc(C(=O)Nc2ccc(OCC)cc2)cn1. The number of unbranched alkanes of at least 4 members (excludes halogenated alkanes) is 1. The van der Waals surface area contributed by atoms with Crippen molar-refractivity contribution in [1.29, 1.82) is 0 Å². The number of rotatable bonds is 8. The first kappa shape index (κ1) is 16.7. The number of carbonyl (C=O) groups excluding carboxylic acids is 1. The number of nitrogens with zero attached hydrogens (tertiary/aromatic N) is 2. The summed E-state index contributed by atoms with van der Waals surface area (Å²) in [6.07, 6.45) is 5.20. The average molecular weight is 314 g/mol. The highest BCUT2D eigenvalue weighted by Gasteiger charge is 2.07. The molecule has 1 aromatic heterocycles. The lowest BCUT2D eigenvalue weighted by molar-refractivity contribution is 0.102. The molecule has 6 heteroatoms. The van der Waals surface area contributed by atoms with E-state index in [2.05, 4.69) is 27.5 Å². The molecular formula is C17H22N4O2. The lowest BCUT2D eigenvalue weighted by Crippen LogP contribution is -2.13. The summed E-state index contributed by atoms with van der Waals surface area (Å²) in [5.41, 5.74) is 1.11. The summed E-state index contributed by atoms with van der Waals surface area (Å²) in [4.78, 5) is 20.5. The standard InChI is InChI=1S/C17H22N4O2/c1-3-5-10-18-17-19-11-13(12-20-17)16(22)21-14-6-8-15(9-7-14)23-4-2/h6-9,11-12H,3-5,10H2,1-2H3,(H,21,22)(H,18,19,20). The zero-order chi connectivity index (χ0) is 16.5. The molecule has 0 unspecified atom stereocenters. The van der Waals surface area contributed by atoms with Crippen molar-refractivity contribution in [1.82, 2.24) is 9.97 Å². The molecule has 0 spiro atoms. The van der Waals surface area contributed by atoms with Crippen molar-refractivity contribution >= 4 is 17.5 Å². The maximum Gasteiger partial charge on any atom is 0.258 e. The molecule has 2 rings (SSSR count). The summed E-state index contributed by atoms with van der Waals surface area (Å²) in [7, 11) is 0. The van der Waals surface area contributed by atoms with Crippen LogP contribution in [-0.4, -0.2) is 29.0 Å². The van der Waals surface area contributed by atoms with Crippen molar-refractivity contribution < 1.29 is 9.53 Å². The maximum atomic E-state index is 12.2. The van der Waals surface area contributed by atoms with Crippen LogP contribution in [0.15, 0.2) is 36.7 Å². The third-order valence-corrected chi connectivity index (χ3v) is 3.15. The van der Waals surface area contributed by atoms with Gasteiger partial charge >= 0.3 is 0 Å². The molecule has 122 valence electrons. The van der Waals surface area contributed by atoms with Gasteiger partial charge in [-0.2, -0.15) is 0 Å². The Balaban J connectivity index is 1.92. The van der Waals surface area contributed by atoms with Crippen molar-refractivity contribution in [2.45, 2.75) is 26.7 Å². The predicted molar refractivity (Wildman–Crippen MR) is 91.0 cm³/mol. The van der Waals surface area contributed by atoms with Gasteiger partial charge in [-0.15, -0.1) is 0 Å². The second kappa shape index (κ2) is 8.73. The number of carbonyl (C=O) groups is 1. The van der Waals surface area contributed by atoms with E-state index >= 15 is 0 Å². The van der Waals surface area contributed by atoms with E-state index in [9.17, 15) is 4.79 Å². The third-order valence-electron chi connectivity index (χ3n) is 3.15.